The van der Waals surface area contributed by atoms with Gasteiger partial charge in [0.1, 0.15) is 11.4 Å². The zero-order valence-electron chi connectivity index (χ0n) is 21.2. The molecule has 5 aromatic rings. The third-order valence-electron chi connectivity index (χ3n) is 6.06. The molecule has 11 heteroatoms. The van der Waals surface area contributed by atoms with E-state index in [1.807, 2.05) is 30.3 Å². The minimum Gasteiger partial charge on any atom is -0.497 e. The minimum absolute atomic E-state index is 0.223. The number of nitrogens with one attached hydrogen (secondary N) is 2. The molecule has 41 heavy (non-hydrogen) atoms. The van der Waals surface area contributed by atoms with Gasteiger partial charge in [-0.3, -0.25) is 4.79 Å². The number of ether oxygens (including phenoxy) is 2. The van der Waals surface area contributed by atoms with Crippen molar-refractivity contribution >= 4 is 84.1 Å². The predicted octanol–water partition coefficient (Wildman–Crippen LogP) is 8.66. The van der Waals surface area contributed by atoms with Crippen molar-refractivity contribution in [3.05, 3.63) is 115 Å². The highest BCUT2D eigenvalue weighted by Crippen LogP contribution is 2.38. The molecule has 0 radical (unpaired) electrons. The average molecular weight is 716 g/mol. The second-order valence-corrected chi connectivity index (χ2v) is 11.3. The van der Waals surface area contributed by atoms with Gasteiger partial charge in [0.15, 0.2) is 5.75 Å². The van der Waals surface area contributed by atoms with Gasteiger partial charge in [-0.2, -0.15) is 5.10 Å². The number of hydrazone groups is 1. The Hall–Kier alpha value is -3.63. The quantitative estimate of drug-likeness (QED) is 0.0764. The number of H-pyrrole nitrogens is 1. The molecule has 1 heterocycles. The summed E-state index contributed by atoms with van der Waals surface area (Å²) in [6, 6.07) is 22.5. The van der Waals surface area contributed by atoms with E-state index in [1.165, 1.54) is 6.21 Å². The van der Waals surface area contributed by atoms with Crippen LogP contribution in [0.4, 0.5) is 0 Å². The summed E-state index contributed by atoms with van der Waals surface area (Å²) >= 11 is 19.3. The maximum Gasteiger partial charge on any atom is 0.343 e. The highest BCUT2D eigenvalue weighted by molar-refractivity contribution is 9.11. The fraction of sp³-hybridized carbons (Fsp3) is 0.0333. The molecule has 0 spiro atoms. The highest BCUT2D eigenvalue weighted by Gasteiger charge is 2.21. The summed E-state index contributed by atoms with van der Waals surface area (Å²) in [5, 5.41) is 5.91. The molecule has 0 aliphatic carbocycles. The number of hydrogen-bond donors (Lipinski definition) is 2. The minimum atomic E-state index is -0.582. The number of nitrogens with zero attached hydrogens (tertiary/aromatic N) is 1. The van der Waals surface area contributed by atoms with Gasteiger partial charge in [-0.25, -0.2) is 10.2 Å². The molecule has 2 N–H and O–H groups in total. The Bertz CT molecular complexity index is 1820. The van der Waals surface area contributed by atoms with E-state index in [0.29, 0.717) is 47.0 Å². The molecule has 1 aromatic heterocycles. The first-order valence-electron chi connectivity index (χ1n) is 12.0. The molecule has 0 bridgehead atoms. The van der Waals surface area contributed by atoms with Gasteiger partial charge in [0.2, 0.25) is 0 Å². The summed E-state index contributed by atoms with van der Waals surface area (Å²) in [7, 11) is 1.58. The number of aromatic amines is 1. The van der Waals surface area contributed by atoms with Crippen LogP contribution in [0.5, 0.6) is 11.5 Å². The fourth-order valence-electron chi connectivity index (χ4n) is 4.15. The number of carbonyl (C=O) groups excluding carboxylic acids is 2. The van der Waals surface area contributed by atoms with Crippen molar-refractivity contribution in [2.24, 2.45) is 5.10 Å². The molecule has 4 aromatic carbocycles. The summed E-state index contributed by atoms with van der Waals surface area (Å²) in [5.74, 6) is -0.224. The van der Waals surface area contributed by atoms with Crippen LogP contribution in [0.2, 0.25) is 10.0 Å². The average Bonchev–Trinajstić information content (AvgIpc) is 3.34. The van der Waals surface area contributed by atoms with Crippen molar-refractivity contribution in [1.29, 1.82) is 0 Å². The van der Waals surface area contributed by atoms with E-state index in [2.05, 4.69) is 47.4 Å². The molecule has 0 atom stereocenters. The second kappa shape index (κ2) is 12.5. The van der Waals surface area contributed by atoms with Crippen molar-refractivity contribution in [2.45, 2.75) is 0 Å². The molecule has 1 amide bonds. The molecule has 206 valence electrons. The molecular formula is C30H19Br2Cl2N3O4. The van der Waals surface area contributed by atoms with Gasteiger partial charge in [-0.1, -0.05) is 57.3 Å². The number of halogens is 4. The summed E-state index contributed by atoms with van der Waals surface area (Å²) in [4.78, 5) is 29.4. The van der Waals surface area contributed by atoms with Crippen molar-refractivity contribution in [2.75, 3.05) is 7.11 Å². The first kappa shape index (κ1) is 28.9. The monoisotopic (exact) mass is 713 g/mol. The summed E-state index contributed by atoms with van der Waals surface area (Å²) in [6.45, 7) is 0. The van der Waals surface area contributed by atoms with Crippen molar-refractivity contribution < 1.29 is 19.1 Å². The van der Waals surface area contributed by atoms with E-state index in [1.54, 1.807) is 55.6 Å². The van der Waals surface area contributed by atoms with Crippen LogP contribution >= 0.6 is 55.1 Å². The number of rotatable bonds is 7. The highest BCUT2D eigenvalue weighted by atomic mass is 79.9. The lowest BCUT2D eigenvalue weighted by Crippen LogP contribution is -2.19. The van der Waals surface area contributed by atoms with Gasteiger partial charge in [0.05, 0.1) is 23.4 Å². The summed E-state index contributed by atoms with van der Waals surface area (Å²) in [5.41, 5.74) is 5.60. The maximum atomic E-state index is 13.4. The van der Waals surface area contributed by atoms with Crippen molar-refractivity contribution in [3.63, 3.8) is 0 Å². The number of fused-ring (bicyclic) bond motifs is 1. The number of hydrogen-bond acceptors (Lipinski definition) is 5. The third-order valence-corrected chi connectivity index (χ3v) is 7.69. The summed E-state index contributed by atoms with van der Waals surface area (Å²) < 4.78 is 12.3. The van der Waals surface area contributed by atoms with Crippen LogP contribution in [0, 0.1) is 0 Å². The molecule has 7 nitrogen and oxygen atoms in total. The van der Waals surface area contributed by atoms with Crippen LogP contribution < -0.4 is 14.9 Å². The van der Waals surface area contributed by atoms with Gasteiger partial charge in [-0.05, 0) is 76.6 Å². The number of benzene rings is 4. The first-order valence-corrected chi connectivity index (χ1v) is 14.3. The molecule has 0 aliphatic rings. The van der Waals surface area contributed by atoms with Gasteiger partial charge < -0.3 is 14.5 Å². The van der Waals surface area contributed by atoms with Crippen molar-refractivity contribution in [3.8, 4) is 22.6 Å². The molecule has 0 saturated heterocycles. The smallest absolute Gasteiger partial charge is 0.343 e. The van der Waals surface area contributed by atoms with E-state index in [9.17, 15) is 9.59 Å². The molecule has 0 fully saturated rings. The van der Waals surface area contributed by atoms with Crippen LogP contribution in [0.3, 0.4) is 0 Å². The normalized spacial score (nSPS) is 11.1. The molecule has 5 rings (SSSR count). The maximum absolute atomic E-state index is 13.4. The van der Waals surface area contributed by atoms with E-state index < -0.39 is 11.9 Å². The van der Waals surface area contributed by atoms with Gasteiger partial charge in [0.25, 0.3) is 5.91 Å². The standard InChI is InChI=1S/C30H19Br2Cl2N3O4/c1-40-20-10-11-25-22(14-20)26(21-4-2-3-5-24(21)34)27(36-25)29(38)37-35-15-17-12-18(31)13-23(32)28(17)41-30(39)16-6-8-19(33)9-7-16/h2-15,36H,1H3,(H,37,38). The van der Waals surface area contributed by atoms with Gasteiger partial charge >= 0.3 is 5.97 Å². The zero-order chi connectivity index (χ0) is 29.1. The van der Waals surface area contributed by atoms with E-state index in [4.69, 9.17) is 32.7 Å². The second-order valence-electron chi connectivity index (χ2n) is 8.67. The van der Waals surface area contributed by atoms with Crippen LogP contribution in [0.15, 0.2) is 92.9 Å². The Morgan fingerprint density at radius 1 is 0.976 bits per heavy atom. The lowest BCUT2D eigenvalue weighted by Gasteiger charge is -2.11. The Balaban J connectivity index is 1.46. The van der Waals surface area contributed by atoms with Crippen LogP contribution in [0.25, 0.3) is 22.0 Å². The third kappa shape index (κ3) is 6.33. The predicted molar refractivity (Wildman–Crippen MR) is 169 cm³/mol. The number of amides is 1. The SMILES string of the molecule is COc1ccc2[nH]c(C(=O)NN=Cc3cc(Br)cc(Br)c3OC(=O)c3ccc(Cl)cc3)c(-c3ccccc3Cl)c2c1. The zero-order valence-corrected chi connectivity index (χ0v) is 25.9. The largest absolute Gasteiger partial charge is 0.497 e. The van der Waals surface area contributed by atoms with Crippen LogP contribution in [-0.4, -0.2) is 30.2 Å². The van der Waals surface area contributed by atoms with E-state index in [0.717, 1.165) is 10.9 Å². The number of esters is 1. The van der Waals surface area contributed by atoms with Gasteiger partial charge in [0, 0.05) is 42.1 Å². The van der Waals surface area contributed by atoms with E-state index >= 15 is 0 Å². The van der Waals surface area contributed by atoms with E-state index in [-0.39, 0.29) is 11.4 Å². The molecule has 0 unspecified atom stereocenters. The topological polar surface area (TPSA) is 92.8 Å². The lowest BCUT2D eigenvalue weighted by atomic mass is 10.0. The summed E-state index contributed by atoms with van der Waals surface area (Å²) in [6.07, 6.45) is 1.39. The number of aromatic nitrogens is 1. The Morgan fingerprint density at radius 2 is 1.73 bits per heavy atom. The number of carbonyl (C=O) groups is 2. The fourth-order valence-corrected chi connectivity index (χ4v) is 5.85. The Labute approximate surface area is 261 Å². The first-order chi connectivity index (χ1) is 19.7. The Kier molecular flexibility index (Phi) is 8.79. The number of methoxy groups -OCH3 is 1. The lowest BCUT2D eigenvalue weighted by molar-refractivity contribution is 0.0733. The van der Waals surface area contributed by atoms with Crippen LogP contribution in [0.1, 0.15) is 26.4 Å². The van der Waals surface area contributed by atoms with Crippen molar-refractivity contribution in [1.82, 2.24) is 10.4 Å². The Morgan fingerprint density at radius 3 is 2.46 bits per heavy atom. The van der Waals surface area contributed by atoms with Gasteiger partial charge in [-0.15, -0.1) is 0 Å². The molecule has 0 saturated carbocycles. The molecular weight excluding hydrogens is 697 g/mol. The molecule has 0 aliphatic heterocycles. The van der Waals surface area contributed by atoms with Crippen LogP contribution in [-0.2, 0) is 0 Å².